The van der Waals surface area contributed by atoms with Crippen molar-refractivity contribution < 1.29 is 4.79 Å². The van der Waals surface area contributed by atoms with Gasteiger partial charge in [-0.1, -0.05) is 0 Å². The molecule has 1 heterocycles. The van der Waals surface area contributed by atoms with Gasteiger partial charge in [-0.05, 0) is 6.07 Å². The first kappa shape index (κ1) is 10.5. The molecule has 0 atom stereocenters. The molecule has 1 rings (SSSR count). The number of rotatable bonds is 3. The highest BCUT2D eigenvalue weighted by atomic mass is 16.2. The summed E-state index contributed by atoms with van der Waals surface area (Å²) in [5, 5.41) is 4.51. The number of pyridine rings is 1. The zero-order valence-corrected chi connectivity index (χ0v) is 8.53. The fourth-order valence-electron chi connectivity index (χ4n) is 1.05. The van der Waals surface area contributed by atoms with E-state index in [1.165, 1.54) is 0 Å². The maximum Gasteiger partial charge on any atom is 0.267 e. The predicted molar refractivity (Wildman–Crippen MR) is 54.9 cm³/mol. The second-order valence-electron chi connectivity index (χ2n) is 3.01. The minimum atomic E-state index is -0.151. The minimum absolute atomic E-state index is 0.151. The Morgan fingerprint density at radius 2 is 2.21 bits per heavy atom. The first-order chi connectivity index (χ1) is 6.65. The number of aromatic nitrogens is 1. The molecule has 0 unspecified atom stereocenters. The highest BCUT2D eigenvalue weighted by molar-refractivity contribution is 5.98. The van der Waals surface area contributed by atoms with Gasteiger partial charge in [0.15, 0.2) is 0 Å². The Morgan fingerprint density at radius 3 is 2.79 bits per heavy atom. The molecule has 5 heteroatoms. The third kappa shape index (κ3) is 2.43. The Hall–Kier alpha value is -1.62. The van der Waals surface area contributed by atoms with E-state index < -0.39 is 0 Å². The summed E-state index contributed by atoms with van der Waals surface area (Å²) in [6.45, 7) is 0. The quantitative estimate of drug-likeness (QED) is 0.681. The van der Waals surface area contributed by atoms with Crippen LogP contribution in [0.2, 0.25) is 0 Å². The molecule has 14 heavy (non-hydrogen) atoms. The predicted octanol–water partition coefficient (Wildman–Crippen LogP) is 0.330. The molecule has 0 aliphatic heterocycles. The van der Waals surface area contributed by atoms with Gasteiger partial charge in [0.25, 0.3) is 5.91 Å². The Kier molecular flexibility index (Phi) is 3.41. The first-order valence-corrected chi connectivity index (χ1v) is 4.25. The van der Waals surface area contributed by atoms with Gasteiger partial charge in [-0.2, -0.15) is 0 Å². The van der Waals surface area contributed by atoms with E-state index in [1.807, 2.05) is 0 Å². The standard InChI is InChI=1S/C9H14N4O/c1-10-8-6-11-5-4-7(8)9(14)12-13(2)3/h4-6,10H,1-3H3,(H,12,14). The summed E-state index contributed by atoms with van der Waals surface area (Å²) in [5.41, 5.74) is 3.95. The van der Waals surface area contributed by atoms with Gasteiger partial charge >= 0.3 is 0 Å². The highest BCUT2D eigenvalue weighted by Crippen LogP contribution is 2.11. The SMILES string of the molecule is CNc1cnccc1C(=O)NN(C)C. The van der Waals surface area contributed by atoms with Gasteiger partial charge < -0.3 is 5.32 Å². The third-order valence-electron chi connectivity index (χ3n) is 1.66. The Bertz CT molecular complexity index is 324. The van der Waals surface area contributed by atoms with E-state index in [2.05, 4.69) is 15.7 Å². The lowest BCUT2D eigenvalue weighted by Gasteiger charge is -2.13. The number of nitrogens with zero attached hydrogens (tertiary/aromatic N) is 2. The normalized spacial score (nSPS) is 10.0. The fourth-order valence-corrected chi connectivity index (χ4v) is 1.05. The van der Waals surface area contributed by atoms with Crippen LogP contribution in [-0.2, 0) is 0 Å². The van der Waals surface area contributed by atoms with Crippen molar-refractivity contribution in [3.8, 4) is 0 Å². The molecule has 0 fully saturated rings. The average Bonchev–Trinajstić information content (AvgIpc) is 2.16. The van der Waals surface area contributed by atoms with Crippen LogP contribution in [-0.4, -0.2) is 37.0 Å². The summed E-state index contributed by atoms with van der Waals surface area (Å²) in [6, 6.07) is 1.67. The first-order valence-electron chi connectivity index (χ1n) is 4.25. The monoisotopic (exact) mass is 194 g/mol. The molecule has 0 spiro atoms. The lowest BCUT2D eigenvalue weighted by molar-refractivity contribution is 0.0857. The second-order valence-corrected chi connectivity index (χ2v) is 3.01. The van der Waals surface area contributed by atoms with Crippen LogP contribution in [0.5, 0.6) is 0 Å². The summed E-state index contributed by atoms with van der Waals surface area (Å²) < 4.78 is 0. The van der Waals surface area contributed by atoms with Crippen LogP contribution in [0, 0.1) is 0 Å². The smallest absolute Gasteiger partial charge is 0.267 e. The summed E-state index contributed by atoms with van der Waals surface area (Å²) in [7, 11) is 5.28. The Morgan fingerprint density at radius 1 is 1.50 bits per heavy atom. The van der Waals surface area contributed by atoms with E-state index in [9.17, 15) is 4.79 Å². The summed E-state index contributed by atoms with van der Waals surface area (Å²) in [6.07, 6.45) is 3.20. The number of hydrazine groups is 1. The number of nitrogens with one attached hydrogen (secondary N) is 2. The van der Waals surface area contributed by atoms with Crippen molar-refractivity contribution in [1.82, 2.24) is 15.4 Å². The van der Waals surface area contributed by atoms with Gasteiger partial charge in [0.2, 0.25) is 0 Å². The van der Waals surface area contributed by atoms with Gasteiger partial charge in [-0.3, -0.25) is 15.2 Å². The van der Waals surface area contributed by atoms with Gasteiger partial charge in [0.05, 0.1) is 17.4 Å². The van der Waals surface area contributed by atoms with Crippen LogP contribution < -0.4 is 10.7 Å². The molecular formula is C9H14N4O. The van der Waals surface area contributed by atoms with Crippen molar-refractivity contribution in [2.75, 3.05) is 26.5 Å². The van der Waals surface area contributed by atoms with Crippen molar-refractivity contribution in [3.05, 3.63) is 24.0 Å². The lowest BCUT2D eigenvalue weighted by atomic mass is 10.2. The molecular weight excluding hydrogens is 180 g/mol. The number of carbonyl (C=O) groups is 1. The van der Waals surface area contributed by atoms with Gasteiger partial charge in [0.1, 0.15) is 0 Å². The number of anilines is 1. The number of hydrogen-bond donors (Lipinski definition) is 2. The molecule has 1 aromatic rings. The average molecular weight is 194 g/mol. The minimum Gasteiger partial charge on any atom is -0.386 e. The van der Waals surface area contributed by atoms with E-state index in [0.717, 1.165) is 0 Å². The highest BCUT2D eigenvalue weighted by Gasteiger charge is 2.10. The molecule has 0 saturated carbocycles. The summed E-state index contributed by atoms with van der Waals surface area (Å²) in [5.74, 6) is -0.151. The lowest BCUT2D eigenvalue weighted by Crippen LogP contribution is -2.36. The molecule has 0 aliphatic carbocycles. The van der Waals surface area contributed by atoms with Crippen LogP contribution >= 0.6 is 0 Å². The molecule has 0 bridgehead atoms. The Labute approximate surface area is 83.1 Å². The number of amides is 1. The van der Waals surface area contributed by atoms with Crippen molar-refractivity contribution in [2.24, 2.45) is 0 Å². The molecule has 0 saturated heterocycles. The summed E-state index contributed by atoms with van der Waals surface area (Å²) >= 11 is 0. The van der Waals surface area contributed by atoms with Gasteiger partial charge in [0, 0.05) is 27.3 Å². The van der Waals surface area contributed by atoms with Crippen LogP contribution in [0.15, 0.2) is 18.5 Å². The van der Waals surface area contributed by atoms with Crippen molar-refractivity contribution in [3.63, 3.8) is 0 Å². The van der Waals surface area contributed by atoms with Crippen molar-refractivity contribution in [1.29, 1.82) is 0 Å². The van der Waals surface area contributed by atoms with Crippen LogP contribution in [0.4, 0.5) is 5.69 Å². The summed E-state index contributed by atoms with van der Waals surface area (Å²) in [4.78, 5) is 15.5. The van der Waals surface area contributed by atoms with Crippen LogP contribution in [0.25, 0.3) is 0 Å². The molecule has 0 aromatic carbocycles. The number of hydrogen-bond acceptors (Lipinski definition) is 4. The topological polar surface area (TPSA) is 57.3 Å². The molecule has 0 radical (unpaired) electrons. The Balaban J connectivity index is 2.88. The molecule has 1 aromatic heterocycles. The van der Waals surface area contributed by atoms with Crippen molar-refractivity contribution >= 4 is 11.6 Å². The van der Waals surface area contributed by atoms with E-state index in [0.29, 0.717) is 11.3 Å². The van der Waals surface area contributed by atoms with Crippen LogP contribution in [0.3, 0.4) is 0 Å². The van der Waals surface area contributed by atoms with Crippen LogP contribution in [0.1, 0.15) is 10.4 Å². The molecule has 5 nitrogen and oxygen atoms in total. The largest absolute Gasteiger partial charge is 0.386 e. The molecule has 2 N–H and O–H groups in total. The van der Waals surface area contributed by atoms with E-state index >= 15 is 0 Å². The second kappa shape index (κ2) is 4.57. The van der Waals surface area contributed by atoms with Gasteiger partial charge in [-0.25, -0.2) is 5.01 Å². The zero-order chi connectivity index (χ0) is 10.6. The van der Waals surface area contributed by atoms with Crippen molar-refractivity contribution in [2.45, 2.75) is 0 Å². The maximum absolute atomic E-state index is 11.6. The number of carbonyl (C=O) groups excluding carboxylic acids is 1. The van der Waals surface area contributed by atoms with E-state index in [1.54, 1.807) is 44.6 Å². The van der Waals surface area contributed by atoms with Gasteiger partial charge in [-0.15, -0.1) is 0 Å². The van der Waals surface area contributed by atoms with E-state index in [4.69, 9.17) is 0 Å². The fraction of sp³-hybridized carbons (Fsp3) is 0.333. The van der Waals surface area contributed by atoms with E-state index in [-0.39, 0.29) is 5.91 Å². The third-order valence-corrected chi connectivity index (χ3v) is 1.66. The zero-order valence-electron chi connectivity index (χ0n) is 8.53. The molecule has 1 amide bonds. The molecule has 0 aliphatic rings. The molecule has 76 valence electrons. The maximum atomic E-state index is 11.6.